The Labute approximate surface area is 156 Å². The van der Waals surface area contributed by atoms with Gasteiger partial charge in [-0.25, -0.2) is 4.79 Å². The van der Waals surface area contributed by atoms with E-state index in [1.165, 1.54) is 0 Å². The number of benzene rings is 3. The number of fused-ring (bicyclic) bond motifs is 1. The van der Waals surface area contributed by atoms with Crippen LogP contribution >= 0.6 is 11.6 Å². The molecule has 0 unspecified atom stereocenters. The minimum Gasteiger partial charge on any atom is -0.452 e. The first-order valence-corrected chi connectivity index (χ1v) is 8.61. The van der Waals surface area contributed by atoms with Crippen LogP contribution < -0.4 is 5.32 Å². The van der Waals surface area contributed by atoms with Crippen molar-refractivity contribution in [1.82, 2.24) is 5.32 Å². The van der Waals surface area contributed by atoms with Crippen LogP contribution in [0.4, 0.5) is 0 Å². The summed E-state index contributed by atoms with van der Waals surface area (Å²) in [4.78, 5) is 24.2. The van der Waals surface area contributed by atoms with E-state index in [9.17, 15) is 9.59 Å². The molecule has 5 heteroatoms. The minimum atomic E-state index is -0.523. The van der Waals surface area contributed by atoms with Gasteiger partial charge in [0.25, 0.3) is 5.91 Å². The third kappa shape index (κ3) is 4.41. The summed E-state index contributed by atoms with van der Waals surface area (Å²) in [5.41, 5.74) is 1.34. The lowest BCUT2D eigenvalue weighted by Crippen LogP contribution is -2.31. The molecule has 26 heavy (non-hydrogen) atoms. The lowest BCUT2D eigenvalue weighted by atomic mass is 10.1. The molecule has 3 aromatic rings. The van der Waals surface area contributed by atoms with Crippen LogP contribution in [0.25, 0.3) is 10.8 Å². The van der Waals surface area contributed by atoms with Crippen molar-refractivity contribution in [2.45, 2.75) is 13.0 Å². The highest BCUT2D eigenvalue weighted by Crippen LogP contribution is 2.17. The van der Waals surface area contributed by atoms with E-state index in [0.29, 0.717) is 10.6 Å². The average Bonchev–Trinajstić information content (AvgIpc) is 2.66. The van der Waals surface area contributed by atoms with Crippen molar-refractivity contribution in [3.05, 3.63) is 82.9 Å². The SMILES string of the molecule is C[C@H](NC(=O)COC(=O)c1ccc2ccccc2c1)c1ccc(Cl)cc1. The van der Waals surface area contributed by atoms with Crippen molar-refractivity contribution < 1.29 is 14.3 Å². The Morgan fingerprint density at radius 2 is 1.69 bits per heavy atom. The van der Waals surface area contributed by atoms with Crippen molar-refractivity contribution in [3.8, 4) is 0 Å². The Hall–Kier alpha value is -2.85. The van der Waals surface area contributed by atoms with Gasteiger partial charge in [0.2, 0.25) is 0 Å². The maximum Gasteiger partial charge on any atom is 0.338 e. The number of hydrogen-bond donors (Lipinski definition) is 1. The highest BCUT2D eigenvalue weighted by atomic mass is 35.5. The van der Waals surface area contributed by atoms with E-state index in [1.54, 1.807) is 24.3 Å². The summed E-state index contributed by atoms with van der Waals surface area (Å²) in [7, 11) is 0. The summed E-state index contributed by atoms with van der Waals surface area (Å²) in [5.74, 6) is -0.883. The van der Waals surface area contributed by atoms with Crippen molar-refractivity contribution >= 4 is 34.2 Å². The Kier molecular flexibility index (Phi) is 5.54. The summed E-state index contributed by atoms with van der Waals surface area (Å²) < 4.78 is 5.12. The fraction of sp³-hybridized carbons (Fsp3) is 0.143. The molecule has 0 aliphatic heterocycles. The molecule has 3 aromatic carbocycles. The summed E-state index contributed by atoms with van der Waals surface area (Å²) in [5, 5.41) is 5.42. The number of rotatable bonds is 5. The molecule has 0 aliphatic carbocycles. The summed E-state index contributed by atoms with van der Waals surface area (Å²) in [6.07, 6.45) is 0. The molecule has 132 valence electrons. The smallest absolute Gasteiger partial charge is 0.338 e. The molecule has 1 amide bonds. The van der Waals surface area contributed by atoms with E-state index in [2.05, 4.69) is 5.32 Å². The highest BCUT2D eigenvalue weighted by molar-refractivity contribution is 6.30. The van der Waals surface area contributed by atoms with Gasteiger partial charge in [-0.3, -0.25) is 4.79 Å². The number of carbonyl (C=O) groups excluding carboxylic acids is 2. The lowest BCUT2D eigenvalue weighted by Gasteiger charge is -2.14. The fourth-order valence-electron chi connectivity index (χ4n) is 2.65. The van der Waals surface area contributed by atoms with Gasteiger partial charge in [-0.2, -0.15) is 0 Å². The van der Waals surface area contributed by atoms with E-state index < -0.39 is 5.97 Å². The molecule has 0 bridgehead atoms. The molecule has 0 aliphatic rings. The van der Waals surface area contributed by atoms with Crippen LogP contribution in [0.5, 0.6) is 0 Å². The van der Waals surface area contributed by atoms with Crippen LogP contribution in [-0.4, -0.2) is 18.5 Å². The van der Waals surface area contributed by atoms with Gasteiger partial charge < -0.3 is 10.1 Å². The van der Waals surface area contributed by atoms with E-state index in [0.717, 1.165) is 16.3 Å². The first-order chi connectivity index (χ1) is 12.5. The average molecular weight is 368 g/mol. The van der Waals surface area contributed by atoms with E-state index in [4.69, 9.17) is 16.3 Å². The van der Waals surface area contributed by atoms with Crippen LogP contribution in [-0.2, 0) is 9.53 Å². The van der Waals surface area contributed by atoms with Crippen molar-refractivity contribution in [1.29, 1.82) is 0 Å². The second-order valence-electron chi connectivity index (χ2n) is 5.98. The second-order valence-corrected chi connectivity index (χ2v) is 6.42. The molecule has 1 N–H and O–H groups in total. The number of carbonyl (C=O) groups is 2. The van der Waals surface area contributed by atoms with Crippen molar-refractivity contribution in [3.63, 3.8) is 0 Å². The number of esters is 1. The monoisotopic (exact) mass is 367 g/mol. The number of ether oxygens (including phenoxy) is 1. The zero-order valence-corrected chi connectivity index (χ0v) is 15.0. The minimum absolute atomic E-state index is 0.209. The molecule has 0 saturated carbocycles. The standard InChI is InChI=1S/C21H18ClNO3/c1-14(15-8-10-19(22)11-9-15)23-20(24)13-26-21(25)18-7-6-16-4-2-3-5-17(16)12-18/h2-12,14H,13H2,1H3,(H,23,24)/t14-/m0/s1. The lowest BCUT2D eigenvalue weighted by molar-refractivity contribution is -0.124. The van der Waals surface area contributed by atoms with Crippen LogP contribution in [0.1, 0.15) is 28.9 Å². The molecular formula is C21H18ClNO3. The number of amides is 1. The van der Waals surface area contributed by atoms with E-state index in [1.807, 2.05) is 49.4 Å². The zero-order valence-electron chi connectivity index (χ0n) is 14.2. The van der Waals surface area contributed by atoms with Gasteiger partial charge in [0, 0.05) is 5.02 Å². The van der Waals surface area contributed by atoms with E-state index >= 15 is 0 Å². The first-order valence-electron chi connectivity index (χ1n) is 8.24. The first kappa shape index (κ1) is 18.0. The van der Waals surface area contributed by atoms with Gasteiger partial charge in [0.1, 0.15) is 0 Å². The molecule has 1 atom stereocenters. The molecule has 0 saturated heterocycles. The van der Waals surface area contributed by atoms with Gasteiger partial charge in [0.15, 0.2) is 6.61 Å². The quantitative estimate of drug-likeness (QED) is 0.674. The molecule has 0 spiro atoms. The van der Waals surface area contributed by atoms with Gasteiger partial charge in [0.05, 0.1) is 11.6 Å². The van der Waals surface area contributed by atoms with Gasteiger partial charge in [-0.15, -0.1) is 0 Å². The number of nitrogens with one attached hydrogen (secondary N) is 1. The van der Waals surface area contributed by atoms with Crippen LogP contribution in [0.15, 0.2) is 66.7 Å². The van der Waals surface area contributed by atoms with E-state index in [-0.39, 0.29) is 18.6 Å². The zero-order chi connectivity index (χ0) is 18.5. The molecule has 0 fully saturated rings. The normalized spacial score (nSPS) is 11.8. The maximum absolute atomic E-state index is 12.2. The van der Waals surface area contributed by atoms with Gasteiger partial charge in [-0.05, 0) is 47.5 Å². The highest BCUT2D eigenvalue weighted by Gasteiger charge is 2.13. The largest absolute Gasteiger partial charge is 0.452 e. The predicted molar refractivity (Wildman–Crippen MR) is 102 cm³/mol. The Bertz CT molecular complexity index is 937. The summed E-state index contributed by atoms with van der Waals surface area (Å²) in [6, 6.07) is 20.0. The van der Waals surface area contributed by atoms with Crippen LogP contribution in [0.3, 0.4) is 0 Å². The van der Waals surface area contributed by atoms with Crippen LogP contribution in [0, 0.1) is 0 Å². The Morgan fingerprint density at radius 1 is 1.00 bits per heavy atom. The Morgan fingerprint density at radius 3 is 2.42 bits per heavy atom. The topological polar surface area (TPSA) is 55.4 Å². The third-order valence-corrected chi connectivity index (χ3v) is 4.32. The fourth-order valence-corrected chi connectivity index (χ4v) is 2.77. The molecular weight excluding hydrogens is 350 g/mol. The predicted octanol–water partition coefficient (Wildman–Crippen LogP) is 4.53. The van der Waals surface area contributed by atoms with Gasteiger partial charge in [-0.1, -0.05) is 54.1 Å². The molecule has 4 nitrogen and oxygen atoms in total. The van der Waals surface area contributed by atoms with Gasteiger partial charge >= 0.3 is 5.97 Å². The second kappa shape index (κ2) is 8.02. The molecule has 0 radical (unpaired) electrons. The molecule has 0 aromatic heterocycles. The molecule has 0 heterocycles. The summed E-state index contributed by atoms with van der Waals surface area (Å²) in [6.45, 7) is 1.52. The Balaban J connectivity index is 1.56. The number of hydrogen-bond acceptors (Lipinski definition) is 3. The number of halogens is 1. The third-order valence-electron chi connectivity index (χ3n) is 4.07. The molecule has 3 rings (SSSR count). The summed E-state index contributed by atoms with van der Waals surface area (Å²) >= 11 is 5.86. The van der Waals surface area contributed by atoms with Crippen molar-refractivity contribution in [2.75, 3.05) is 6.61 Å². The van der Waals surface area contributed by atoms with Crippen molar-refractivity contribution in [2.24, 2.45) is 0 Å². The maximum atomic E-state index is 12.2. The van der Waals surface area contributed by atoms with Crippen LogP contribution in [0.2, 0.25) is 5.02 Å².